The van der Waals surface area contributed by atoms with E-state index < -0.39 is 0 Å². The Kier molecular flexibility index (Phi) is 6.03. The number of urea groups is 1. The molecular formula is C19H25N3O. The normalized spacial score (nSPS) is 10.2. The number of amides is 2. The van der Waals surface area contributed by atoms with Gasteiger partial charge in [-0.2, -0.15) is 0 Å². The summed E-state index contributed by atoms with van der Waals surface area (Å²) < 4.78 is 0. The zero-order valence-corrected chi connectivity index (χ0v) is 14.1. The molecule has 0 heterocycles. The van der Waals surface area contributed by atoms with Crippen LogP contribution >= 0.6 is 0 Å². The standard InChI is InChI=1S/C19H25N3O/c1-4-22(5-2)18-12-10-17(11-13-18)21-19(23)20-14-16-8-6-15(3)7-9-16/h6-13H,4-5,14H2,1-3H3,(H2,20,21,23). The number of hydrogen-bond donors (Lipinski definition) is 2. The Morgan fingerprint density at radius 1 is 0.957 bits per heavy atom. The van der Waals surface area contributed by atoms with Crippen LogP contribution < -0.4 is 15.5 Å². The van der Waals surface area contributed by atoms with Gasteiger partial charge in [-0.1, -0.05) is 29.8 Å². The summed E-state index contributed by atoms with van der Waals surface area (Å²) in [5.41, 5.74) is 4.26. The molecule has 0 bridgehead atoms. The lowest BCUT2D eigenvalue weighted by Gasteiger charge is -2.21. The van der Waals surface area contributed by atoms with Gasteiger partial charge >= 0.3 is 6.03 Å². The van der Waals surface area contributed by atoms with E-state index in [1.54, 1.807) is 0 Å². The van der Waals surface area contributed by atoms with E-state index in [9.17, 15) is 4.79 Å². The second kappa shape index (κ2) is 8.22. The molecule has 0 aromatic heterocycles. The molecule has 2 N–H and O–H groups in total. The maximum absolute atomic E-state index is 12.0. The van der Waals surface area contributed by atoms with Crippen LogP contribution in [0.2, 0.25) is 0 Å². The van der Waals surface area contributed by atoms with Crippen LogP contribution in [0.15, 0.2) is 48.5 Å². The molecule has 0 spiro atoms. The minimum absolute atomic E-state index is 0.193. The molecule has 0 aliphatic rings. The van der Waals surface area contributed by atoms with Gasteiger partial charge in [0.05, 0.1) is 0 Å². The minimum atomic E-state index is -0.193. The van der Waals surface area contributed by atoms with Gasteiger partial charge in [-0.15, -0.1) is 0 Å². The maximum Gasteiger partial charge on any atom is 0.319 e. The molecule has 23 heavy (non-hydrogen) atoms. The molecule has 2 rings (SSSR count). The van der Waals surface area contributed by atoms with Gasteiger partial charge in [0, 0.05) is 31.0 Å². The van der Waals surface area contributed by atoms with Gasteiger partial charge in [0.15, 0.2) is 0 Å². The van der Waals surface area contributed by atoms with Crippen LogP contribution in [0.3, 0.4) is 0 Å². The van der Waals surface area contributed by atoms with Gasteiger partial charge in [-0.05, 0) is 50.6 Å². The second-order valence-electron chi connectivity index (χ2n) is 5.51. The van der Waals surface area contributed by atoms with Crippen molar-refractivity contribution in [1.29, 1.82) is 0 Å². The summed E-state index contributed by atoms with van der Waals surface area (Å²) in [6, 6.07) is 15.9. The molecule has 0 aliphatic heterocycles. The van der Waals surface area contributed by atoms with Gasteiger partial charge in [0.2, 0.25) is 0 Å². The first-order valence-electron chi connectivity index (χ1n) is 8.07. The highest BCUT2D eigenvalue weighted by Crippen LogP contribution is 2.17. The smallest absolute Gasteiger partial charge is 0.319 e. The maximum atomic E-state index is 12.0. The molecular weight excluding hydrogens is 286 g/mol. The van der Waals surface area contributed by atoms with Crippen molar-refractivity contribution in [2.75, 3.05) is 23.3 Å². The van der Waals surface area contributed by atoms with Crippen LogP contribution in [0.1, 0.15) is 25.0 Å². The predicted molar refractivity (Wildman–Crippen MR) is 97.0 cm³/mol. The summed E-state index contributed by atoms with van der Waals surface area (Å²) in [6.45, 7) is 8.78. The highest BCUT2D eigenvalue weighted by atomic mass is 16.2. The Balaban J connectivity index is 1.86. The van der Waals surface area contributed by atoms with Crippen molar-refractivity contribution in [3.8, 4) is 0 Å². The van der Waals surface area contributed by atoms with Crippen LogP contribution in [0.5, 0.6) is 0 Å². The molecule has 2 amide bonds. The quantitative estimate of drug-likeness (QED) is 0.841. The number of rotatable bonds is 6. The molecule has 0 unspecified atom stereocenters. The molecule has 0 fully saturated rings. The number of benzene rings is 2. The van der Waals surface area contributed by atoms with E-state index in [0.29, 0.717) is 6.54 Å². The third kappa shape index (κ3) is 5.02. The summed E-state index contributed by atoms with van der Waals surface area (Å²) in [5, 5.41) is 5.72. The first kappa shape index (κ1) is 16.9. The van der Waals surface area contributed by atoms with Crippen molar-refractivity contribution in [2.45, 2.75) is 27.3 Å². The third-order valence-electron chi connectivity index (χ3n) is 3.83. The van der Waals surface area contributed by atoms with Crippen molar-refractivity contribution in [3.05, 3.63) is 59.7 Å². The predicted octanol–water partition coefficient (Wildman–Crippen LogP) is 4.16. The molecule has 0 saturated heterocycles. The number of carbonyl (C=O) groups is 1. The highest BCUT2D eigenvalue weighted by molar-refractivity contribution is 5.89. The fourth-order valence-corrected chi connectivity index (χ4v) is 2.41. The average Bonchev–Trinajstić information content (AvgIpc) is 2.57. The molecule has 2 aromatic carbocycles. The Hall–Kier alpha value is -2.49. The van der Waals surface area contributed by atoms with Crippen LogP contribution in [0.4, 0.5) is 16.2 Å². The van der Waals surface area contributed by atoms with Crippen molar-refractivity contribution in [2.24, 2.45) is 0 Å². The van der Waals surface area contributed by atoms with Crippen molar-refractivity contribution < 1.29 is 4.79 Å². The fraction of sp³-hybridized carbons (Fsp3) is 0.316. The molecule has 4 heteroatoms. The summed E-state index contributed by atoms with van der Waals surface area (Å²) in [5.74, 6) is 0. The lowest BCUT2D eigenvalue weighted by Crippen LogP contribution is -2.28. The lowest BCUT2D eigenvalue weighted by molar-refractivity contribution is 0.251. The topological polar surface area (TPSA) is 44.4 Å². The first-order valence-corrected chi connectivity index (χ1v) is 8.07. The van der Waals surface area contributed by atoms with E-state index in [1.807, 2.05) is 55.5 Å². The monoisotopic (exact) mass is 311 g/mol. The van der Waals surface area contributed by atoms with E-state index in [0.717, 1.165) is 24.3 Å². The first-order chi connectivity index (χ1) is 11.1. The molecule has 0 radical (unpaired) electrons. The fourth-order valence-electron chi connectivity index (χ4n) is 2.41. The number of carbonyl (C=O) groups excluding carboxylic acids is 1. The number of nitrogens with zero attached hydrogens (tertiary/aromatic N) is 1. The zero-order chi connectivity index (χ0) is 16.7. The van der Waals surface area contributed by atoms with Gasteiger partial charge in [-0.3, -0.25) is 0 Å². The van der Waals surface area contributed by atoms with Gasteiger partial charge in [-0.25, -0.2) is 4.79 Å². The molecule has 0 aliphatic carbocycles. The SMILES string of the molecule is CCN(CC)c1ccc(NC(=O)NCc2ccc(C)cc2)cc1. The van der Waals surface area contributed by atoms with Crippen LogP contribution in [-0.4, -0.2) is 19.1 Å². The van der Waals surface area contributed by atoms with E-state index >= 15 is 0 Å². The number of aryl methyl sites for hydroxylation is 1. The largest absolute Gasteiger partial charge is 0.372 e. The number of anilines is 2. The van der Waals surface area contributed by atoms with E-state index in [4.69, 9.17) is 0 Å². The van der Waals surface area contributed by atoms with Gasteiger partial charge in [0.25, 0.3) is 0 Å². The van der Waals surface area contributed by atoms with Crippen molar-refractivity contribution in [3.63, 3.8) is 0 Å². The third-order valence-corrected chi connectivity index (χ3v) is 3.83. The Morgan fingerprint density at radius 2 is 1.57 bits per heavy atom. The van der Waals surface area contributed by atoms with Crippen LogP contribution in [0.25, 0.3) is 0 Å². The Bertz CT molecular complexity index is 616. The minimum Gasteiger partial charge on any atom is -0.372 e. The highest BCUT2D eigenvalue weighted by Gasteiger charge is 2.04. The zero-order valence-electron chi connectivity index (χ0n) is 14.1. The lowest BCUT2D eigenvalue weighted by atomic mass is 10.1. The summed E-state index contributed by atoms with van der Waals surface area (Å²) in [4.78, 5) is 14.2. The van der Waals surface area contributed by atoms with E-state index in [2.05, 4.69) is 29.4 Å². The van der Waals surface area contributed by atoms with Crippen molar-refractivity contribution in [1.82, 2.24) is 5.32 Å². The van der Waals surface area contributed by atoms with E-state index in [-0.39, 0.29) is 6.03 Å². The van der Waals surface area contributed by atoms with Crippen molar-refractivity contribution >= 4 is 17.4 Å². The summed E-state index contributed by atoms with van der Waals surface area (Å²) >= 11 is 0. The molecule has 0 atom stereocenters. The molecule has 2 aromatic rings. The van der Waals surface area contributed by atoms with Crippen LogP contribution in [-0.2, 0) is 6.54 Å². The molecule has 122 valence electrons. The average molecular weight is 311 g/mol. The molecule has 4 nitrogen and oxygen atoms in total. The summed E-state index contributed by atoms with van der Waals surface area (Å²) in [6.07, 6.45) is 0. The summed E-state index contributed by atoms with van der Waals surface area (Å²) in [7, 11) is 0. The Morgan fingerprint density at radius 3 is 2.13 bits per heavy atom. The second-order valence-corrected chi connectivity index (χ2v) is 5.51. The van der Waals surface area contributed by atoms with Gasteiger partial charge in [0.1, 0.15) is 0 Å². The number of nitrogens with one attached hydrogen (secondary N) is 2. The van der Waals surface area contributed by atoms with Crippen LogP contribution in [0, 0.1) is 6.92 Å². The van der Waals surface area contributed by atoms with E-state index in [1.165, 1.54) is 11.3 Å². The number of hydrogen-bond acceptors (Lipinski definition) is 2. The van der Waals surface area contributed by atoms with Gasteiger partial charge < -0.3 is 15.5 Å². The molecule has 0 saturated carbocycles. The Labute approximate surface area is 138 Å².